The number of methoxy groups -OCH3 is 1. The minimum absolute atomic E-state index is 0.0720. The Morgan fingerprint density at radius 3 is 1.90 bits per heavy atom. The fourth-order valence-electron chi connectivity index (χ4n) is 13.8. The van der Waals surface area contributed by atoms with E-state index >= 15 is 4.79 Å². The molecule has 17 nitrogen and oxygen atoms in total. The molecular formula is C65H101BrN3O14P. The van der Waals surface area contributed by atoms with Crippen LogP contribution in [0.2, 0.25) is 0 Å². The van der Waals surface area contributed by atoms with E-state index in [4.69, 9.17) is 33.2 Å². The van der Waals surface area contributed by atoms with Crippen LogP contribution in [0.15, 0.2) is 91.0 Å². The van der Waals surface area contributed by atoms with Crippen molar-refractivity contribution in [2.75, 3.05) is 47.5 Å². The van der Waals surface area contributed by atoms with Gasteiger partial charge in [0.05, 0.1) is 48.0 Å². The number of aliphatic carboxylic acids is 1. The number of unbranched alkanes of at least 4 members (excludes halogenated alkanes) is 3. The average Bonchev–Trinajstić information content (AvgIpc) is 0.804. The second-order valence-electron chi connectivity index (χ2n) is 25.6. The van der Waals surface area contributed by atoms with Crippen LogP contribution < -0.4 is 21.2 Å². The average molecular weight is 1260 g/mol. The number of rotatable bonds is 20. The van der Waals surface area contributed by atoms with Gasteiger partial charge in [-0.15, -0.1) is 0 Å². The third kappa shape index (κ3) is 16.0. The summed E-state index contributed by atoms with van der Waals surface area (Å²) in [5.41, 5.74) is -4.72. The van der Waals surface area contributed by atoms with Gasteiger partial charge in [-0.2, -0.15) is 0 Å². The summed E-state index contributed by atoms with van der Waals surface area (Å²) in [6.45, 7) is 18.3. The number of hydrogen-bond donors (Lipinski definition) is 5. The zero-order valence-corrected chi connectivity index (χ0v) is 54.9. The van der Waals surface area contributed by atoms with E-state index < -0.39 is 113 Å². The zero-order chi connectivity index (χ0) is 62.0. The molecule has 472 valence electrons. The van der Waals surface area contributed by atoms with Crippen molar-refractivity contribution < 1.29 is 68.0 Å². The van der Waals surface area contributed by atoms with Crippen LogP contribution in [0.25, 0.3) is 0 Å². The maximum atomic E-state index is 15.0. The number of carboxylic acid groups (broad SMARTS) is 1. The molecule has 0 aromatic heterocycles. The molecule has 0 unspecified atom stereocenters. The molecule has 3 fully saturated rings. The Balaban J connectivity index is 1.26. The van der Waals surface area contributed by atoms with Crippen molar-refractivity contribution in [2.24, 2.45) is 23.7 Å². The summed E-state index contributed by atoms with van der Waals surface area (Å²) in [5, 5.41) is 51.0. The van der Waals surface area contributed by atoms with Gasteiger partial charge in [0, 0.05) is 38.0 Å². The number of cyclic esters (lactones) is 1. The topological polar surface area (TPSA) is 215 Å². The van der Waals surface area contributed by atoms with Gasteiger partial charge < -0.3 is 48.6 Å². The van der Waals surface area contributed by atoms with Gasteiger partial charge in [0.1, 0.15) is 6.10 Å². The number of benzene rings is 3. The Kier molecular flexibility index (Phi) is 24.5. The summed E-state index contributed by atoms with van der Waals surface area (Å²) < 4.78 is 45.3. The maximum absolute atomic E-state index is 15.0. The third-order valence-corrected chi connectivity index (χ3v) is 28.7. The van der Waals surface area contributed by atoms with Crippen LogP contribution >= 0.6 is 20.8 Å². The molecule has 0 aliphatic carbocycles. The molecular weight excluding hydrogens is 1160 g/mol. The number of carbonyl (C=O) groups excluding carboxylic acids is 2. The van der Waals surface area contributed by atoms with Gasteiger partial charge in [0.15, 0.2) is 12.6 Å². The molecule has 3 aromatic rings. The van der Waals surface area contributed by atoms with Crippen molar-refractivity contribution in [3.05, 3.63) is 91.0 Å². The summed E-state index contributed by atoms with van der Waals surface area (Å²) >= 11 is 4.56. The zero-order valence-electron chi connectivity index (χ0n) is 52.4. The van der Waals surface area contributed by atoms with E-state index in [1.165, 1.54) is 29.9 Å². The van der Waals surface area contributed by atoms with E-state index in [-0.39, 0.29) is 43.7 Å². The van der Waals surface area contributed by atoms with Crippen molar-refractivity contribution in [3.8, 4) is 0 Å². The number of likely N-dealkylation sites (N-methyl/N-ethyl adjacent to an activating group) is 1. The molecule has 3 aliphatic heterocycles. The van der Waals surface area contributed by atoms with Crippen molar-refractivity contribution in [1.29, 1.82) is 0 Å². The van der Waals surface area contributed by atoms with Crippen LogP contribution in [0.1, 0.15) is 127 Å². The quantitative estimate of drug-likeness (QED) is 0.0406. The normalized spacial score (nSPS) is 35.6. The predicted molar refractivity (Wildman–Crippen MR) is 334 cm³/mol. The van der Waals surface area contributed by atoms with Crippen molar-refractivity contribution in [1.82, 2.24) is 15.1 Å². The first kappa shape index (κ1) is 69.5. The first-order chi connectivity index (χ1) is 39.5. The molecule has 19 heteroatoms. The summed E-state index contributed by atoms with van der Waals surface area (Å²) in [7, 11) is 7.15. The minimum atomic E-state index is -3.09. The Morgan fingerprint density at radius 2 is 1.38 bits per heavy atom. The Hall–Kier alpha value is -3.62. The first-order valence-corrected chi connectivity index (χ1v) is 34.9. The van der Waals surface area contributed by atoms with Gasteiger partial charge in [0.2, 0.25) is 0 Å². The second-order valence-corrected chi connectivity index (χ2v) is 34.6. The van der Waals surface area contributed by atoms with E-state index in [0.29, 0.717) is 25.9 Å². The summed E-state index contributed by atoms with van der Waals surface area (Å²) in [5.74, 6) is -4.66. The molecule has 3 aliphatic rings. The number of carbonyl (C=O) groups is 3. The van der Waals surface area contributed by atoms with E-state index in [2.05, 4.69) is 112 Å². The molecule has 3 heterocycles. The Morgan fingerprint density at radius 1 is 0.821 bits per heavy atom. The Bertz CT molecular complexity index is 2450. The van der Waals surface area contributed by atoms with E-state index in [9.17, 15) is 30.0 Å². The number of halogens is 1. The number of amides is 1. The number of hydrogen-bond acceptors (Lipinski definition) is 15. The summed E-state index contributed by atoms with van der Waals surface area (Å²) in [6.07, 6.45) is -4.73. The van der Waals surface area contributed by atoms with E-state index in [1.807, 2.05) is 58.6 Å². The van der Waals surface area contributed by atoms with Crippen LogP contribution in [0, 0.1) is 23.7 Å². The molecule has 3 aromatic carbocycles. The molecule has 0 bridgehead atoms. The molecule has 5 N–H and O–H groups in total. The molecule has 18 atom stereocenters. The Labute approximate surface area is 508 Å². The molecule has 6 rings (SSSR count). The van der Waals surface area contributed by atoms with E-state index in [1.54, 1.807) is 34.6 Å². The number of ether oxygens (including phenoxy) is 7. The number of nitrogens with zero attached hydrogens (tertiary/aromatic N) is 2. The summed E-state index contributed by atoms with van der Waals surface area (Å²) in [4.78, 5) is 45.6. The first-order valence-electron chi connectivity index (χ1n) is 30.5. The van der Waals surface area contributed by atoms with Gasteiger partial charge in [0.25, 0.3) is 0 Å². The fourth-order valence-corrected chi connectivity index (χ4v) is 21.6. The van der Waals surface area contributed by atoms with Crippen molar-refractivity contribution in [2.45, 2.75) is 211 Å². The fraction of sp³-hybridized carbons (Fsp3) is 0.677. The molecule has 0 spiro atoms. The van der Waals surface area contributed by atoms with Crippen molar-refractivity contribution >= 4 is 54.7 Å². The van der Waals surface area contributed by atoms with Gasteiger partial charge in [-0.3, -0.25) is 9.59 Å². The van der Waals surface area contributed by atoms with Crippen molar-refractivity contribution in [3.63, 3.8) is 0 Å². The monoisotopic (exact) mass is 1260 g/mol. The predicted octanol–water partition coefficient (Wildman–Crippen LogP) is 8.76. The molecule has 3 saturated heterocycles. The number of carboxylic acids is 1. The third-order valence-electron chi connectivity index (χ3n) is 18.6. The van der Waals surface area contributed by atoms with Crippen LogP contribution in [0.3, 0.4) is 0 Å². The number of aliphatic hydroxyl groups is 3. The van der Waals surface area contributed by atoms with Gasteiger partial charge in [-0.25, -0.2) is 0 Å². The molecule has 0 radical (unpaired) electrons. The number of aliphatic hydroxyl groups excluding tert-OH is 1. The summed E-state index contributed by atoms with van der Waals surface area (Å²) in [6, 6.07) is 31.3. The molecule has 0 saturated carbocycles. The van der Waals surface area contributed by atoms with Gasteiger partial charge >= 0.3 is 247 Å². The van der Waals surface area contributed by atoms with Gasteiger partial charge in [-0.05, 0) is 80.9 Å². The van der Waals surface area contributed by atoms with Crippen LogP contribution in [0.4, 0.5) is 4.79 Å². The molecule has 84 heavy (non-hydrogen) atoms. The van der Waals surface area contributed by atoms with Crippen LogP contribution in [-0.2, 0) is 42.7 Å². The standard InChI is InChI=1S/C65H101BrN3O14P/c1-15-53-65(10,76)59(83-62(74)67-35-27-16-17-28-36-84(66,48-29-21-18-22-30-48,49-31-23-19-24-32-49)50-33-25-20-26-34-50)46(6)69(13)41-42(2)39-63(8,75)58(82-61-51(38-54(70)71)52(68(11)12)37-43(3)78-61)44(4)56(45(5)60(73)80-53)81-55-40-64(9,77-14)57(72)47(7)79-55/h18-26,29-34,42-47,51-53,55-59,61,72,75-76H,15-17,27-28,35-41H2,1-14H3,(H,67,74)(H,70,71)/t42-,43-,44+,45-,46-,47+,51-,52+,53-,55+,56+,57+,58-,59-,61+,63-,64-,65-/m1/s1. The van der Waals surface area contributed by atoms with Crippen LogP contribution in [-0.4, -0.2) is 180 Å². The SMILES string of the molecule is CC[C@H]1OC(=O)[C@H](C)[C@@H](O[C@H]2C[C@@](C)(OC)[C@@H](O)[C@H](C)O2)[C@H](C)[C@@H](O[C@@H]2O[C@H](C)C[C@H](N(C)C)[C@H]2CC(=O)O)[C@](C)(O)C[C@@H](C)CN(C)[C@H](C)[C@@H](OC(=O)NCCCCCCP(Br)(c2ccccc2)(c2ccccc2)c2ccccc2)[C@]1(C)O. The van der Waals surface area contributed by atoms with Gasteiger partial charge in [-0.1, -0.05) is 20.8 Å². The number of nitrogens with one attached hydrogen (secondary N) is 1. The van der Waals surface area contributed by atoms with E-state index in [0.717, 1.165) is 25.4 Å². The molecule has 1 amide bonds. The second kappa shape index (κ2) is 29.6. The number of alkyl carbamates (subject to hydrolysis) is 1. The van der Waals surface area contributed by atoms with Crippen LogP contribution in [0.5, 0.6) is 0 Å². The number of esters is 1.